The molecule has 1 saturated carbocycles. The molecule has 0 aromatic heterocycles. The predicted octanol–water partition coefficient (Wildman–Crippen LogP) is 1.27. The number of amides is 3. The van der Waals surface area contributed by atoms with Crippen LogP contribution in [0.5, 0.6) is 0 Å². The van der Waals surface area contributed by atoms with E-state index in [1.165, 1.54) is 19.3 Å². The first-order valence-electron chi connectivity index (χ1n) is 9.37. The van der Waals surface area contributed by atoms with E-state index in [4.69, 9.17) is 0 Å². The standard InChI is InChI=1S/C17H30N4O2S/c22-16(12-15-13-24-11-6-18-15)20-7-9-21(10-8-20)17(23)19-14-4-2-1-3-5-14/h14-15,18H,1-13H2,(H,19,23). The SMILES string of the molecule is O=C(CC1CSCCN1)N1CCN(C(=O)NC2CCCCC2)CC1. The molecule has 2 N–H and O–H groups in total. The predicted molar refractivity (Wildman–Crippen MR) is 97.3 cm³/mol. The smallest absolute Gasteiger partial charge is 0.317 e. The Labute approximate surface area is 149 Å². The largest absolute Gasteiger partial charge is 0.339 e. The number of rotatable bonds is 3. The molecular formula is C17H30N4O2S. The minimum atomic E-state index is 0.0550. The van der Waals surface area contributed by atoms with E-state index in [-0.39, 0.29) is 11.9 Å². The third kappa shape index (κ3) is 5.02. The maximum absolute atomic E-state index is 12.4. The molecule has 0 bridgehead atoms. The van der Waals surface area contributed by atoms with Gasteiger partial charge in [-0.3, -0.25) is 4.79 Å². The molecule has 136 valence electrons. The van der Waals surface area contributed by atoms with Crippen molar-refractivity contribution in [1.29, 1.82) is 0 Å². The van der Waals surface area contributed by atoms with Crippen molar-refractivity contribution in [3.05, 3.63) is 0 Å². The zero-order valence-electron chi connectivity index (χ0n) is 14.5. The van der Waals surface area contributed by atoms with Crippen molar-refractivity contribution >= 4 is 23.7 Å². The van der Waals surface area contributed by atoms with E-state index in [2.05, 4.69) is 10.6 Å². The number of hydrogen-bond donors (Lipinski definition) is 2. The molecule has 2 heterocycles. The summed E-state index contributed by atoms with van der Waals surface area (Å²) in [7, 11) is 0. The first-order chi connectivity index (χ1) is 11.7. The minimum Gasteiger partial charge on any atom is -0.339 e. The van der Waals surface area contributed by atoms with Crippen LogP contribution in [0.15, 0.2) is 0 Å². The molecule has 24 heavy (non-hydrogen) atoms. The van der Waals surface area contributed by atoms with Crippen molar-refractivity contribution in [1.82, 2.24) is 20.4 Å². The monoisotopic (exact) mass is 354 g/mol. The highest BCUT2D eigenvalue weighted by molar-refractivity contribution is 7.99. The van der Waals surface area contributed by atoms with Crippen LogP contribution in [-0.4, -0.2) is 78.1 Å². The quantitative estimate of drug-likeness (QED) is 0.801. The number of carbonyl (C=O) groups is 2. The van der Waals surface area contributed by atoms with Gasteiger partial charge < -0.3 is 20.4 Å². The number of thioether (sulfide) groups is 1. The van der Waals surface area contributed by atoms with E-state index in [0.29, 0.717) is 44.7 Å². The molecule has 0 aromatic rings. The molecule has 2 saturated heterocycles. The van der Waals surface area contributed by atoms with Gasteiger partial charge in [0, 0.05) is 62.7 Å². The highest BCUT2D eigenvalue weighted by Gasteiger charge is 2.27. The van der Waals surface area contributed by atoms with Crippen molar-refractivity contribution in [2.75, 3.05) is 44.2 Å². The van der Waals surface area contributed by atoms with Crippen LogP contribution in [-0.2, 0) is 4.79 Å². The molecule has 3 rings (SSSR count). The number of nitrogens with zero attached hydrogens (tertiary/aromatic N) is 2. The zero-order chi connectivity index (χ0) is 16.8. The Bertz CT molecular complexity index is 388. The fourth-order valence-corrected chi connectivity index (χ4v) is 4.71. The first-order valence-corrected chi connectivity index (χ1v) is 10.5. The summed E-state index contributed by atoms with van der Waals surface area (Å²) >= 11 is 1.92. The second-order valence-corrected chi connectivity index (χ2v) is 8.23. The number of urea groups is 1. The highest BCUT2D eigenvalue weighted by atomic mass is 32.2. The fraction of sp³-hybridized carbons (Fsp3) is 0.882. The van der Waals surface area contributed by atoms with Gasteiger partial charge in [0.1, 0.15) is 0 Å². The lowest BCUT2D eigenvalue weighted by Crippen LogP contribution is -2.55. The maximum atomic E-state index is 12.4. The van der Waals surface area contributed by atoms with E-state index in [0.717, 1.165) is 30.9 Å². The summed E-state index contributed by atoms with van der Waals surface area (Å²) < 4.78 is 0. The Balaban J connectivity index is 1.38. The van der Waals surface area contributed by atoms with E-state index < -0.39 is 0 Å². The molecule has 7 heteroatoms. The highest BCUT2D eigenvalue weighted by Crippen LogP contribution is 2.18. The molecule has 0 radical (unpaired) electrons. The van der Waals surface area contributed by atoms with Crippen LogP contribution in [0.3, 0.4) is 0 Å². The Morgan fingerprint density at radius 1 is 1.04 bits per heavy atom. The van der Waals surface area contributed by atoms with Crippen molar-refractivity contribution in [2.24, 2.45) is 0 Å². The summed E-state index contributed by atoms with van der Waals surface area (Å²) in [5.41, 5.74) is 0. The molecule has 6 nitrogen and oxygen atoms in total. The third-order valence-electron chi connectivity index (χ3n) is 5.27. The van der Waals surface area contributed by atoms with E-state index >= 15 is 0 Å². The maximum Gasteiger partial charge on any atom is 0.317 e. The summed E-state index contributed by atoms with van der Waals surface area (Å²) in [4.78, 5) is 28.6. The lowest BCUT2D eigenvalue weighted by atomic mass is 9.96. The Hall–Kier alpha value is -0.950. The van der Waals surface area contributed by atoms with Gasteiger partial charge in [0.25, 0.3) is 0 Å². The summed E-state index contributed by atoms with van der Waals surface area (Å²) in [6.07, 6.45) is 6.54. The van der Waals surface area contributed by atoms with Crippen LogP contribution < -0.4 is 10.6 Å². The molecule has 0 aromatic carbocycles. The van der Waals surface area contributed by atoms with E-state index in [1.807, 2.05) is 21.6 Å². The Morgan fingerprint density at radius 3 is 2.42 bits per heavy atom. The second kappa shape index (κ2) is 8.94. The van der Waals surface area contributed by atoms with Crippen molar-refractivity contribution in [3.63, 3.8) is 0 Å². The number of carbonyl (C=O) groups excluding carboxylic acids is 2. The van der Waals surface area contributed by atoms with Crippen LogP contribution >= 0.6 is 11.8 Å². The molecule has 1 unspecified atom stereocenters. The van der Waals surface area contributed by atoms with Gasteiger partial charge in [0.15, 0.2) is 0 Å². The Morgan fingerprint density at radius 2 is 1.75 bits per heavy atom. The van der Waals surface area contributed by atoms with Crippen LogP contribution in [0.25, 0.3) is 0 Å². The average Bonchev–Trinajstić information content (AvgIpc) is 2.63. The molecule has 3 amide bonds. The molecule has 0 spiro atoms. The second-order valence-electron chi connectivity index (χ2n) is 7.08. The van der Waals surface area contributed by atoms with Gasteiger partial charge in [0.05, 0.1) is 0 Å². The summed E-state index contributed by atoms with van der Waals surface area (Å²) in [6.45, 7) is 3.62. The number of nitrogens with one attached hydrogen (secondary N) is 2. The van der Waals surface area contributed by atoms with Gasteiger partial charge >= 0.3 is 6.03 Å². The summed E-state index contributed by atoms with van der Waals surface area (Å²) in [5, 5.41) is 6.59. The van der Waals surface area contributed by atoms with E-state index in [9.17, 15) is 9.59 Å². The molecule has 2 aliphatic heterocycles. The molecule has 1 aliphatic carbocycles. The zero-order valence-corrected chi connectivity index (χ0v) is 15.3. The van der Waals surface area contributed by atoms with E-state index in [1.54, 1.807) is 0 Å². The number of piperazine rings is 1. The van der Waals surface area contributed by atoms with Gasteiger partial charge in [-0.05, 0) is 12.8 Å². The van der Waals surface area contributed by atoms with Crippen LogP contribution in [0.1, 0.15) is 38.5 Å². The summed E-state index contributed by atoms with van der Waals surface area (Å²) in [5.74, 6) is 2.39. The first kappa shape index (κ1) is 17.9. The fourth-order valence-electron chi connectivity index (χ4n) is 3.76. The van der Waals surface area contributed by atoms with Crippen LogP contribution in [0.2, 0.25) is 0 Å². The molecule has 3 aliphatic rings. The lowest BCUT2D eigenvalue weighted by molar-refractivity contribution is -0.133. The topological polar surface area (TPSA) is 64.7 Å². The Kier molecular flexibility index (Phi) is 6.66. The van der Waals surface area contributed by atoms with Crippen molar-refractivity contribution < 1.29 is 9.59 Å². The van der Waals surface area contributed by atoms with Gasteiger partial charge in [-0.2, -0.15) is 11.8 Å². The minimum absolute atomic E-state index is 0.0550. The third-order valence-corrected chi connectivity index (χ3v) is 6.40. The normalized spacial score (nSPS) is 26.2. The van der Waals surface area contributed by atoms with Gasteiger partial charge in [0.2, 0.25) is 5.91 Å². The van der Waals surface area contributed by atoms with Gasteiger partial charge in [-0.1, -0.05) is 19.3 Å². The van der Waals surface area contributed by atoms with Crippen LogP contribution in [0, 0.1) is 0 Å². The van der Waals surface area contributed by atoms with Gasteiger partial charge in [-0.15, -0.1) is 0 Å². The van der Waals surface area contributed by atoms with Crippen molar-refractivity contribution in [3.8, 4) is 0 Å². The average molecular weight is 355 g/mol. The molecule has 1 atom stereocenters. The number of hydrogen-bond acceptors (Lipinski definition) is 4. The summed E-state index contributed by atoms with van der Waals surface area (Å²) in [6, 6.07) is 0.712. The molecular weight excluding hydrogens is 324 g/mol. The van der Waals surface area contributed by atoms with Crippen LogP contribution in [0.4, 0.5) is 4.79 Å². The van der Waals surface area contributed by atoms with Gasteiger partial charge in [-0.25, -0.2) is 4.79 Å². The van der Waals surface area contributed by atoms with Crippen molar-refractivity contribution in [2.45, 2.75) is 50.6 Å². The lowest BCUT2D eigenvalue weighted by Gasteiger charge is -2.36. The molecule has 3 fully saturated rings.